The van der Waals surface area contributed by atoms with E-state index in [-0.39, 0.29) is 12.1 Å². The molecule has 0 bridgehead atoms. The van der Waals surface area contributed by atoms with Crippen molar-refractivity contribution >= 4 is 23.0 Å². The Morgan fingerprint density at radius 3 is 2.96 bits per heavy atom. The van der Waals surface area contributed by atoms with Gasteiger partial charge in [0.05, 0.1) is 6.54 Å². The molecule has 3 N–H and O–H groups in total. The second-order valence-corrected chi connectivity index (χ2v) is 7.92. The average molecular weight is 366 g/mol. The van der Waals surface area contributed by atoms with E-state index in [4.69, 9.17) is 0 Å². The van der Waals surface area contributed by atoms with Gasteiger partial charge in [-0.2, -0.15) is 0 Å². The molecule has 6 heteroatoms. The van der Waals surface area contributed by atoms with Crippen LogP contribution >= 0.6 is 0 Å². The quantitative estimate of drug-likeness (QED) is 0.561. The SMILES string of the molecule is O=C=NCC1CCCC(CNC(=O)NC2Cc3[nH]c4ccccc4c3C2)C1. The fourth-order valence-electron chi connectivity index (χ4n) is 4.72. The number of aromatic nitrogens is 1. The van der Waals surface area contributed by atoms with Gasteiger partial charge in [0.15, 0.2) is 0 Å². The number of aliphatic imine (C=N–C) groups is 1. The van der Waals surface area contributed by atoms with Crippen LogP contribution in [0, 0.1) is 11.8 Å². The number of rotatable bonds is 5. The Kier molecular flexibility index (Phi) is 5.26. The molecule has 0 saturated heterocycles. The van der Waals surface area contributed by atoms with Crippen molar-refractivity contribution in [2.24, 2.45) is 16.8 Å². The van der Waals surface area contributed by atoms with Crippen LogP contribution < -0.4 is 10.6 Å². The number of hydrogen-bond donors (Lipinski definition) is 3. The van der Waals surface area contributed by atoms with Crippen LogP contribution in [0.3, 0.4) is 0 Å². The highest BCUT2D eigenvalue weighted by Crippen LogP contribution is 2.30. The number of nitrogens with one attached hydrogen (secondary N) is 3. The Hall–Kier alpha value is -2.59. The van der Waals surface area contributed by atoms with E-state index in [9.17, 15) is 9.59 Å². The Labute approximate surface area is 158 Å². The monoisotopic (exact) mass is 366 g/mol. The number of amides is 2. The number of nitrogens with zero attached hydrogens (tertiary/aromatic N) is 1. The van der Waals surface area contributed by atoms with Gasteiger partial charge in [0, 0.05) is 35.6 Å². The number of H-pyrrole nitrogens is 1. The largest absolute Gasteiger partial charge is 0.358 e. The molecule has 142 valence electrons. The predicted molar refractivity (Wildman–Crippen MR) is 104 cm³/mol. The number of carbonyl (C=O) groups excluding carboxylic acids is 2. The lowest BCUT2D eigenvalue weighted by atomic mass is 9.81. The van der Waals surface area contributed by atoms with Crippen LogP contribution in [-0.2, 0) is 17.6 Å². The number of aromatic amines is 1. The molecule has 4 rings (SSSR count). The Morgan fingerprint density at radius 1 is 1.22 bits per heavy atom. The van der Waals surface area contributed by atoms with Crippen LogP contribution in [0.5, 0.6) is 0 Å². The molecule has 0 spiro atoms. The van der Waals surface area contributed by atoms with Crippen LogP contribution in [0.4, 0.5) is 4.79 Å². The number of hydrogen-bond acceptors (Lipinski definition) is 3. The topological polar surface area (TPSA) is 86.3 Å². The van der Waals surface area contributed by atoms with E-state index in [0.29, 0.717) is 24.9 Å². The summed E-state index contributed by atoms with van der Waals surface area (Å²) in [6.07, 6.45) is 7.76. The summed E-state index contributed by atoms with van der Waals surface area (Å²) in [5, 5.41) is 7.43. The predicted octanol–water partition coefficient (Wildman–Crippen LogP) is 3.08. The average Bonchev–Trinajstić information content (AvgIpc) is 3.22. The second kappa shape index (κ2) is 7.97. The molecule has 6 nitrogen and oxygen atoms in total. The minimum Gasteiger partial charge on any atom is -0.358 e. The van der Waals surface area contributed by atoms with Crippen molar-refractivity contribution in [2.45, 2.75) is 44.6 Å². The van der Waals surface area contributed by atoms with Crippen LogP contribution in [0.15, 0.2) is 29.3 Å². The van der Waals surface area contributed by atoms with Gasteiger partial charge >= 0.3 is 6.03 Å². The van der Waals surface area contributed by atoms with Crippen molar-refractivity contribution in [2.75, 3.05) is 13.1 Å². The zero-order valence-corrected chi connectivity index (χ0v) is 15.5. The first kappa shape index (κ1) is 17.8. The minimum absolute atomic E-state index is 0.0810. The van der Waals surface area contributed by atoms with Crippen LogP contribution in [0.2, 0.25) is 0 Å². The maximum absolute atomic E-state index is 12.3. The van der Waals surface area contributed by atoms with Gasteiger partial charge in [0.25, 0.3) is 0 Å². The molecule has 2 amide bonds. The maximum atomic E-state index is 12.3. The first-order valence-corrected chi connectivity index (χ1v) is 9.89. The number of isocyanates is 1. The van der Waals surface area contributed by atoms with Crippen molar-refractivity contribution < 1.29 is 9.59 Å². The van der Waals surface area contributed by atoms with Crippen molar-refractivity contribution in [3.8, 4) is 0 Å². The summed E-state index contributed by atoms with van der Waals surface area (Å²) in [4.78, 5) is 29.8. The van der Waals surface area contributed by atoms with Gasteiger partial charge < -0.3 is 15.6 Å². The first-order valence-electron chi connectivity index (χ1n) is 9.89. The number of para-hydroxylation sites is 1. The van der Waals surface area contributed by atoms with Crippen LogP contribution in [-0.4, -0.2) is 36.2 Å². The summed E-state index contributed by atoms with van der Waals surface area (Å²) in [5.41, 5.74) is 3.75. The number of fused-ring (bicyclic) bond motifs is 3. The Morgan fingerprint density at radius 2 is 2.07 bits per heavy atom. The summed E-state index contributed by atoms with van der Waals surface area (Å²) >= 11 is 0. The molecule has 1 aromatic carbocycles. The molecular formula is C21H26N4O2. The van der Waals surface area contributed by atoms with Gasteiger partial charge in [-0.25, -0.2) is 14.6 Å². The molecule has 3 atom stereocenters. The highest BCUT2D eigenvalue weighted by Gasteiger charge is 2.27. The molecule has 27 heavy (non-hydrogen) atoms. The maximum Gasteiger partial charge on any atom is 0.315 e. The lowest BCUT2D eigenvalue weighted by Gasteiger charge is -2.28. The van der Waals surface area contributed by atoms with Gasteiger partial charge in [0.1, 0.15) is 0 Å². The van der Waals surface area contributed by atoms with E-state index < -0.39 is 0 Å². The summed E-state index contributed by atoms with van der Waals surface area (Å²) in [7, 11) is 0. The van der Waals surface area contributed by atoms with E-state index in [1.54, 1.807) is 6.08 Å². The molecule has 2 aliphatic carbocycles. The van der Waals surface area contributed by atoms with Crippen molar-refractivity contribution in [1.29, 1.82) is 0 Å². The van der Waals surface area contributed by atoms with Crippen LogP contribution in [0.25, 0.3) is 10.9 Å². The third kappa shape index (κ3) is 4.06. The van der Waals surface area contributed by atoms with Gasteiger partial charge in [0.2, 0.25) is 6.08 Å². The van der Waals surface area contributed by atoms with Gasteiger partial charge in [-0.1, -0.05) is 24.6 Å². The van der Waals surface area contributed by atoms with Crippen molar-refractivity contribution in [3.63, 3.8) is 0 Å². The zero-order valence-electron chi connectivity index (χ0n) is 15.5. The van der Waals surface area contributed by atoms with E-state index in [2.05, 4.69) is 38.8 Å². The summed E-state index contributed by atoms with van der Waals surface area (Å²) in [5.74, 6) is 0.916. The summed E-state index contributed by atoms with van der Waals surface area (Å²) in [6.45, 7) is 1.26. The lowest BCUT2D eigenvalue weighted by molar-refractivity contribution is 0.226. The molecule has 1 aromatic heterocycles. The molecule has 1 fully saturated rings. The van der Waals surface area contributed by atoms with E-state index in [0.717, 1.165) is 38.5 Å². The molecule has 1 heterocycles. The van der Waals surface area contributed by atoms with Crippen molar-refractivity contribution in [1.82, 2.24) is 15.6 Å². The third-order valence-electron chi connectivity index (χ3n) is 6.00. The molecular weight excluding hydrogens is 340 g/mol. The van der Waals surface area contributed by atoms with Gasteiger partial charge in [-0.05, 0) is 49.1 Å². The molecule has 1 saturated carbocycles. The lowest BCUT2D eigenvalue weighted by Crippen LogP contribution is -2.44. The van der Waals surface area contributed by atoms with E-state index in [1.165, 1.54) is 22.2 Å². The second-order valence-electron chi connectivity index (χ2n) is 7.92. The summed E-state index contributed by atoms with van der Waals surface area (Å²) in [6, 6.07) is 8.40. The normalized spacial score (nSPS) is 24.2. The van der Waals surface area contributed by atoms with Crippen LogP contribution in [0.1, 0.15) is 36.9 Å². The van der Waals surface area contributed by atoms with E-state index >= 15 is 0 Å². The van der Waals surface area contributed by atoms with Gasteiger partial charge in [-0.15, -0.1) is 0 Å². The smallest absolute Gasteiger partial charge is 0.315 e. The fourth-order valence-corrected chi connectivity index (χ4v) is 4.72. The summed E-state index contributed by atoms with van der Waals surface area (Å²) < 4.78 is 0. The zero-order chi connectivity index (χ0) is 18.6. The molecule has 3 unspecified atom stereocenters. The van der Waals surface area contributed by atoms with Gasteiger partial charge in [-0.3, -0.25) is 0 Å². The highest BCUT2D eigenvalue weighted by molar-refractivity contribution is 5.85. The van der Waals surface area contributed by atoms with Crippen molar-refractivity contribution in [3.05, 3.63) is 35.5 Å². The van der Waals surface area contributed by atoms with E-state index in [1.807, 2.05) is 6.07 Å². The minimum atomic E-state index is -0.0810. The fraction of sp³-hybridized carbons (Fsp3) is 0.524. The number of benzene rings is 1. The standard InChI is InChI=1S/C21H26N4O2/c26-13-22-11-14-4-3-5-15(8-14)12-23-21(27)24-16-9-18-17-6-1-2-7-19(17)25-20(18)10-16/h1-2,6-7,14-16,25H,3-5,8-12H2,(H2,23,24,27). The first-order chi connectivity index (χ1) is 13.2. The molecule has 2 aromatic rings. The molecule has 0 aliphatic heterocycles. The third-order valence-corrected chi connectivity index (χ3v) is 6.00. The number of carbonyl (C=O) groups is 1. The molecule has 0 radical (unpaired) electrons. The molecule has 2 aliphatic rings. The Bertz CT molecular complexity index is 868. The highest BCUT2D eigenvalue weighted by atomic mass is 16.2. The Balaban J connectivity index is 1.25. The number of urea groups is 1.